The molecule has 1 saturated heterocycles. The van der Waals surface area contributed by atoms with Crippen LogP contribution in [0.15, 0.2) is 48.5 Å². The minimum absolute atomic E-state index is 0.0793. The van der Waals surface area contributed by atoms with E-state index in [0.717, 1.165) is 43.8 Å². The van der Waals surface area contributed by atoms with Crippen LogP contribution >= 0.6 is 11.6 Å². The van der Waals surface area contributed by atoms with E-state index in [-0.39, 0.29) is 11.6 Å². The highest BCUT2D eigenvalue weighted by molar-refractivity contribution is 6.35. The Morgan fingerprint density at radius 3 is 2.52 bits per heavy atom. The molecule has 154 valence electrons. The molecular weight excluding hydrogens is 382 g/mol. The van der Waals surface area contributed by atoms with Crippen molar-refractivity contribution in [2.45, 2.75) is 38.9 Å². The summed E-state index contributed by atoms with van der Waals surface area (Å²) in [5.74, 6) is 0.536. The number of halogens is 1. The molecule has 2 heterocycles. The average Bonchev–Trinajstić information content (AvgIpc) is 2.86. The Kier molecular flexibility index (Phi) is 5.56. The zero-order valence-electron chi connectivity index (χ0n) is 17.5. The van der Waals surface area contributed by atoms with Crippen molar-refractivity contribution in [3.63, 3.8) is 0 Å². The first-order valence-corrected chi connectivity index (χ1v) is 10.6. The van der Waals surface area contributed by atoms with Gasteiger partial charge in [-0.15, -0.1) is 0 Å². The molecule has 1 aliphatic heterocycles. The van der Waals surface area contributed by atoms with Crippen LogP contribution in [-0.4, -0.2) is 51.1 Å². The van der Waals surface area contributed by atoms with Crippen LogP contribution in [0.1, 0.15) is 32.4 Å². The molecule has 2 aromatic carbocycles. The molecule has 0 aliphatic carbocycles. The number of para-hydroxylation sites is 1. The first kappa shape index (κ1) is 20.2. The second-order valence-corrected chi connectivity index (χ2v) is 9.35. The number of nitrogen functional groups attached to an aromatic ring is 1. The Balaban J connectivity index is 1.72. The second kappa shape index (κ2) is 7.98. The molecule has 5 nitrogen and oxygen atoms in total. The van der Waals surface area contributed by atoms with Gasteiger partial charge in [-0.25, -0.2) is 4.98 Å². The molecule has 0 bridgehead atoms. The SMILES string of the molecule is CC(C)(C)N1CCN(Cc2ccccc2)CC(n2c(N)nc3cccc(Cl)c32)C1. The molecule has 29 heavy (non-hydrogen) atoms. The number of hydrogen-bond acceptors (Lipinski definition) is 4. The van der Waals surface area contributed by atoms with Crippen molar-refractivity contribution in [3.8, 4) is 0 Å². The second-order valence-electron chi connectivity index (χ2n) is 8.94. The van der Waals surface area contributed by atoms with E-state index in [1.165, 1.54) is 5.56 Å². The van der Waals surface area contributed by atoms with Gasteiger partial charge in [0.2, 0.25) is 5.95 Å². The fourth-order valence-electron chi connectivity index (χ4n) is 4.31. The third-order valence-electron chi connectivity index (χ3n) is 5.84. The van der Waals surface area contributed by atoms with E-state index in [4.69, 9.17) is 17.3 Å². The molecule has 1 atom stereocenters. The van der Waals surface area contributed by atoms with E-state index in [2.05, 4.69) is 70.5 Å². The molecule has 6 heteroatoms. The fraction of sp³-hybridized carbons (Fsp3) is 0.435. The maximum atomic E-state index is 6.58. The fourth-order valence-corrected chi connectivity index (χ4v) is 4.57. The molecule has 0 spiro atoms. The lowest BCUT2D eigenvalue weighted by Gasteiger charge is -2.36. The average molecular weight is 412 g/mol. The molecule has 1 fully saturated rings. The number of aromatic nitrogens is 2. The molecule has 1 aliphatic rings. The summed E-state index contributed by atoms with van der Waals surface area (Å²) in [6, 6.07) is 16.7. The van der Waals surface area contributed by atoms with Crippen molar-refractivity contribution in [2.24, 2.45) is 0 Å². The van der Waals surface area contributed by atoms with E-state index < -0.39 is 0 Å². The summed E-state index contributed by atoms with van der Waals surface area (Å²) in [6.07, 6.45) is 0. The Bertz CT molecular complexity index is 976. The predicted molar refractivity (Wildman–Crippen MR) is 121 cm³/mol. The van der Waals surface area contributed by atoms with Crippen LogP contribution in [0.4, 0.5) is 5.95 Å². The third-order valence-corrected chi connectivity index (χ3v) is 6.14. The van der Waals surface area contributed by atoms with Gasteiger partial charge in [0.05, 0.1) is 22.1 Å². The number of hydrogen-bond donors (Lipinski definition) is 1. The Morgan fingerprint density at radius 2 is 1.79 bits per heavy atom. The number of nitrogens with zero attached hydrogens (tertiary/aromatic N) is 4. The summed E-state index contributed by atoms with van der Waals surface area (Å²) in [6.45, 7) is 11.6. The molecule has 3 aromatic rings. The number of rotatable bonds is 3. The van der Waals surface area contributed by atoms with Crippen LogP contribution in [0.5, 0.6) is 0 Å². The normalized spacial score (nSPS) is 19.5. The molecule has 1 aromatic heterocycles. The number of nitrogens with two attached hydrogens (primary N) is 1. The van der Waals surface area contributed by atoms with E-state index in [1.807, 2.05) is 18.2 Å². The van der Waals surface area contributed by atoms with Gasteiger partial charge in [-0.1, -0.05) is 48.0 Å². The largest absolute Gasteiger partial charge is 0.369 e. The molecule has 0 saturated carbocycles. The summed E-state index contributed by atoms with van der Waals surface area (Å²) in [5, 5.41) is 0.702. The Hall–Kier alpha value is -2.08. The first-order valence-electron chi connectivity index (χ1n) is 10.3. The van der Waals surface area contributed by atoms with Crippen LogP contribution in [0.3, 0.4) is 0 Å². The topological polar surface area (TPSA) is 50.3 Å². The van der Waals surface area contributed by atoms with Gasteiger partial charge in [0.15, 0.2) is 0 Å². The van der Waals surface area contributed by atoms with Crippen molar-refractivity contribution in [2.75, 3.05) is 31.9 Å². The Morgan fingerprint density at radius 1 is 1.03 bits per heavy atom. The zero-order chi connectivity index (χ0) is 20.6. The van der Waals surface area contributed by atoms with Gasteiger partial charge in [-0.05, 0) is 38.5 Å². The summed E-state index contributed by atoms with van der Waals surface area (Å²) in [4.78, 5) is 9.66. The van der Waals surface area contributed by atoms with Crippen LogP contribution in [0.2, 0.25) is 5.02 Å². The molecular formula is C23H30ClN5. The van der Waals surface area contributed by atoms with Crippen LogP contribution < -0.4 is 5.73 Å². The molecule has 1 unspecified atom stereocenters. The van der Waals surface area contributed by atoms with Gasteiger partial charge < -0.3 is 10.3 Å². The molecule has 2 N–H and O–H groups in total. The maximum Gasteiger partial charge on any atom is 0.201 e. The van der Waals surface area contributed by atoms with E-state index in [0.29, 0.717) is 11.0 Å². The van der Waals surface area contributed by atoms with Crippen molar-refractivity contribution < 1.29 is 0 Å². The highest BCUT2D eigenvalue weighted by Crippen LogP contribution is 2.32. The Labute approximate surface area is 178 Å². The lowest BCUT2D eigenvalue weighted by Crippen LogP contribution is -2.45. The van der Waals surface area contributed by atoms with E-state index in [9.17, 15) is 0 Å². The lowest BCUT2D eigenvalue weighted by atomic mass is 10.1. The standard InChI is InChI=1S/C23H30ClN5/c1-23(2,3)28-13-12-27(14-17-8-5-4-6-9-17)15-18(16-28)29-21-19(24)10-7-11-20(21)26-22(29)25/h4-11,18H,12-16H2,1-3H3,(H2,25,26). The van der Waals surface area contributed by atoms with Crippen molar-refractivity contribution >= 4 is 28.6 Å². The van der Waals surface area contributed by atoms with Crippen LogP contribution in [-0.2, 0) is 6.54 Å². The summed E-state index contributed by atoms with van der Waals surface area (Å²) >= 11 is 6.58. The van der Waals surface area contributed by atoms with E-state index in [1.54, 1.807) is 0 Å². The molecule has 0 amide bonds. The third kappa shape index (κ3) is 4.27. The molecule has 4 rings (SSSR count). The quantitative estimate of drug-likeness (QED) is 0.692. The minimum Gasteiger partial charge on any atom is -0.369 e. The molecule has 0 radical (unpaired) electrons. The van der Waals surface area contributed by atoms with Gasteiger partial charge in [-0.3, -0.25) is 9.80 Å². The first-order chi connectivity index (χ1) is 13.8. The van der Waals surface area contributed by atoms with E-state index >= 15 is 0 Å². The number of fused-ring (bicyclic) bond motifs is 1. The highest BCUT2D eigenvalue weighted by atomic mass is 35.5. The smallest absolute Gasteiger partial charge is 0.201 e. The van der Waals surface area contributed by atoms with Gasteiger partial charge in [0.1, 0.15) is 0 Å². The number of benzene rings is 2. The number of imidazole rings is 1. The number of anilines is 1. The van der Waals surface area contributed by atoms with Crippen molar-refractivity contribution in [3.05, 3.63) is 59.1 Å². The maximum absolute atomic E-state index is 6.58. The predicted octanol–water partition coefficient (Wildman–Crippen LogP) is 4.43. The summed E-state index contributed by atoms with van der Waals surface area (Å²) in [5.41, 5.74) is 9.62. The summed E-state index contributed by atoms with van der Waals surface area (Å²) in [7, 11) is 0. The van der Waals surface area contributed by atoms with Crippen LogP contribution in [0.25, 0.3) is 11.0 Å². The lowest BCUT2D eigenvalue weighted by molar-refractivity contribution is 0.130. The van der Waals surface area contributed by atoms with Gasteiger partial charge >= 0.3 is 0 Å². The van der Waals surface area contributed by atoms with Crippen molar-refractivity contribution in [1.29, 1.82) is 0 Å². The zero-order valence-corrected chi connectivity index (χ0v) is 18.2. The monoisotopic (exact) mass is 411 g/mol. The van der Waals surface area contributed by atoms with Gasteiger partial charge in [0, 0.05) is 38.3 Å². The van der Waals surface area contributed by atoms with Gasteiger partial charge in [-0.2, -0.15) is 0 Å². The van der Waals surface area contributed by atoms with Crippen LogP contribution in [0, 0.1) is 0 Å². The highest BCUT2D eigenvalue weighted by Gasteiger charge is 2.32. The van der Waals surface area contributed by atoms with Crippen molar-refractivity contribution in [1.82, 2.24) is 19.4 Å². The summed E-state index contributed by atoms with van der Waals surface area (Å²) < 4.78 is 2.15. The van der Waals surface area contributed by atoms with Gasteiger partial charge in [0.25, 0.3) is 0 Å². The minimum atomic E-state index is 0.0793.